The van der Waals surface area contributed by atoms with Crippen LogP contribution < -0.4 is 5.32 Å². The molecular formula is C18H23N3O. The van der Waals surface area contributed by atoms with E-state index in [0.29, 0.717) is 6.54 Å². The molecule has 116 valence electrons. The van der Waals surface area contributed by atoms with Crippen molar-refractivity contribution >= 4 is 5.91 Å². The summed E-state index contributed by atoms with van der Waals surface area (Å²) in [5, 5.41) is 7.47. The summed E-state index contributed by atoms with van der Waals surface area (Å²) in [6.07, 6.45) is 9.10. The Bertz CT molecular complexity index is 627. The molecule has 1 amide bonds. The molecule has 3 rings (SSSR count). The maximum absolute atomic E-state index is 12.3. The lowest BCUT2D eigenvalue weighted by Crippen LogP contribution is -2.38. The second-order valence-corrected chi connectivity index (χ2v) is 6.40. The molecule has 0 bridgehead atoms. The van der Waals surface area contributed by atoms with E-state index in [0.717, 1.165) is 30.5 Å². The van der Waals surface area contributed by atoms with Gasteiger partial charge in [0.05, 0.1) is 11.9 Å². The molecule has 4 nitrogen and oxygen atoms in total. The highest BCUT2D eigenvalue weighted by atomic mass is 16.2. The highest BCUT2D eigenvalue weighted by Crippen LogP contribution is 2.37. The molecule has 1 heterocycles. The fraction of sp³-hybridized carbons (Fsp3) is 0.444. The Kier molecular flexibility index (Phi) is 4.27. The first kappa shape index (κ1) is 14.8. The third-order valence-electron chi connectivity index (χ3n) is 4.61. The Labute approximate surface area is 131 Å². The average molecular weight is 297 g/mol. The molecule has 0 saturated heterocycles. The van der Waals surface area contributed by atoms with Crippen LogP contribution in [-0.4, -0.2) is 22.2 Å². The quantitative estimate of drug-likeness (QED) is 0.921. The third kappa shape index (κ3) is 3.21. The Balaban J connectivity index is 1.52. The van der Waals surface area contributed by atoms with Crippen molar-refractivity contribution in [2.45, 2.75) is 39.0 Å². The van der Waals surface area contributed by atoms with E-state index >= 15 is 0 Å². The molecule has 1 aromatic heterocycles. The number of nitrogens with zero attached hydrogens (tertiary/aromatic N) is 2. The highest BCUT2D eigenvalue weighted by Gasteiger charge is 2.35. The monoisotopic (exact) mass is 297 g/mol. The minimum absolute atomic E-state index is 0.145. The maximum Gasteiger partial charge on any atom is 0.225 e. The van der Waals surface area contributed by atoms with Crippen LogP contribution in [0.3, 0.4) is 0 Å². The number of nitrogens with one attached hydrogen (secondary N) is 1. The summed E-state index contributed by atoms with van der Waals surface area (Å²) in [4.78, 5) is 12.3. The van der Waals surface area contributed by atoms with Crippen molar-refractivity contribution in [3.63, 3.8) is 0 Å². The molecule has 1 N–H and O–H groups in total. The molecule has 1 saturated carbocycles. The zero-order valence-electron chi connectivity index (χ0n) is 13.1. The predicted molar refractivity (Wildman–Crippen MR) is 86.9 cm³/mol. The van der Waals surface area contributed by atoms with Gasteiger partial charge in [0.15, 0.2) is 0 Å². The van der Waals surface area contributed by atoms with Gasteiger partial charge < -0.3 is 5.32 Å². The molecule has 0 atom stereocenters. The Morgan fingerprint density at radius 2 is 2.00 bits per heavy atom. The normalized spacial score (nSPS) is 16.6. The van der Waals surface area contributed by atoms with E-state index in [4.69, 9.17) is 0 Å². The second kappa shape index (κ2) is 6.34. The van der Waals surface area contributed by atoms with E-state index in [1.165, 1.54) is 12.8 Å². The number of hydrogen-bond acceptors (Lipinski definition) is 2. The summed E-state index contributed by atoms with van der Waals surface area (Å²) in [5.41, 5.74) is 2.05. The maximum atomic E-state index is 12.3. The highest BCUT2D eigenvalue weighted by molar-refractivity contribution is 5.82. The lowest BCUT2D eigenvalue weighted by atomic mass is 9.88. The molecule has 1 aliphatic rings. The number of aromatic nitrogens is 2. The van der Waals surface area contributed by atoms with Crippen LogP contribution in [0, 0.1) is 5.41 Å². The molecular weight excluding hydrogens is 274 g/mol. The van der Waals surface area contributed by atoms with E-state index in [2.05, 4.69) is 17.3 Å². The standard InChI is InChI=1S/C18H23N3O/c1-18(10-5-6-11-18)17(22)19-12-9-15-13-20-21(14-15)16-7-3-2-4-8-16/h2-4,7-8,13-14H,5-6,9-12H2,1H3,(H,19,22). The zero-order valence-corrected chi connectivity index (χ0v) is 13.1. The van der Waals surface area contributed by atoms with Crippen molar-refractivity contribution in [2.75, 3.05) is 6.54 Å². The first-order chi connectivity index (χ1) is 10.7. The van der Waals surface area contributed by atoms with Crippen molar-refractivity contribution in [3.8, 4) is 5.69 Å². The first-order valence-electron chi connectivity index (χ1n) is 8.05. The van der Waals surface area contributed by atoms with Crippen LogP contribution in [0.2, 0.25) is 0 Å². The van der Waals surface area contributed by atoms with Gasteiger partial charge in [-0.3, -0.25) is 4.79 Å². The fourth-order valence-corrected chi connectivity index (χ4v) is 3.13. The molecule has 0 radical (unpaired) electrons. The molecule has 2 aromatic rings. The van der Waals surface area contributed by atoms with E-state index < -0.39 is 0 Å². The predicted octanol–water partition coefficient (Wildman–Crippen LogP) is 3.11. The number of amides is 1. The Hall–Kier alpha value is -2.10. The minimum Gasteiger partial charge on any atom is -0.355 e. The smallest absolute Gasteiger partial charge is 0.225 e. The van der Waals surface area contributed by atoms with Crippen LogP contribution in [-0.2, 0) is 11.2 Å². The van der Waals surface area contributed by atoms with Crippen LogP contribution in [0.25, 0.3) is 5.69 Å². The first-order valence-corrected chi connectivity index (χ1v) is 8.05. The number of hydrogen-bond donors (Lipinski definition) is 1. The van der Waals surface area contributed by atoms with E-state index in [9.17, 15) is 4.79 Å². The fourth-order valence-electron chi connectivity index (χ4n) is 3.13. The molecule has 1 fully saturated rings. The van der Waals surface area contributed by atoms with Gasteiger partial charge in [-0.15, -0.1) is 0 Å². The molecule has 1 aromatic carbocycles. The van der Waals surface area contributed by atoms with E-state index in [1.807, 2.05) is 47.4 Å². The summed E-state index contributed by atoms with van der Waals surface area (Å²) in [5.74, 6) is 0.209. The van der Waals surface area contributed by atoms with Gasteiger partial charge in [-0.2, -0.15) is 5.10 Å². The van der Waals surface area contributed by atoms with Crippen LogP contribution in [0.4, 0.5) is 0 Å². The SMILES string of the molecule is CC1(C(=O)NCCc2cnn(-c3ccccc3)c2)CCCC1. The molecule has 22 heavy (non-hydrogen) atoms. The summed E-state index contributed by atoms with van der Waals surface area (Å²) in [6.45, 7) is 2.76. The van der Waals surface area contributed by atoms with Crippen molar-refractivity contribution in [3.05, 3.63) is 48.3 Å². The van der Waals surface area contributed by atoms with Crippen molar-refractivity contribution in [2.24, 2.45) is 5.41 Å². The van der Waals surface area contributed by atoms with Gasteiger partial charge in [0.25, 0.3) is 0 Å². The number of benzene rings is 1. The molecule has 0 spiro atoms. The van der Waals surface area contributed by atoms with Crippen molar-refractivity contribution in [1.82, 2.24) is 15.1 Å². The summed E-state index contributed by atoms with van der Waals surface area (Å²) < 4.78 is 1.87. The number of carbonyl (C=O) groups is 1. The van der Waals surface area contributed by atoms with Crippen LogP contribution in [0.5, 0.6) is 0 Å². The molecule has 4 heteroatoms. The van der Waals surface area contributed by atoms with Crippen molar-refractivity contribution in [1.29, 1.82) is 0 Å². The number of carbonyl (C=O) groups excluding carboxylic acids is 1. The molecule has 1 aliphatic carbocycles. The Morgan fingerprint density at radius 1 is 1.27 bits per heavy atom. The van der Waals surface area contributed by atoms with Gasteiger partial charge >= 0.3 is 0 Å². The van der Waals surface area contributed by atoms with Crippen LogP contribution in [0.15, 0.2) is 42.7 Å². The van der Waals surface area contributed by atoms with E-state index in [-0.39, 0.29) is 11.3 Å². The minimum atomic E-state index is -0.145. The summed E-state index contributed by atoms with van der Waals surface area (Å²) >= 11 is 0. The summed E-state index contributed by atoms with van der Waals surface area (Å²) in [7, 11) is 0. The van der Waals surface area contributed by atoms with Gasteiger partial charge in [-0.1, -0.05) is 38.0 Å². The average Bonchev–Trinajstić information content (AvgIpc) is 3.18. The van der Waals surface area contributed by atoms with Crippen LogP contribution in [0.1, 0.15) is 38.2 Å². The van der Waals surface area contributed by atoms with Gasteiger partial charge in [-0.05, 0) is 37.0 Å². The molecule has 0 unspecified atom stereocenters. The lowest BCUT2D eigenvalue weighted by Gasteiger charge is -2.22. The third-order valence-corrected chi connectivity index (χ3v) is 4.61. The van der Waals surface area contributed by atoms with Gasteiger partial charge in [0, 0.05) is 18.2 Å². The molecule has 0 aliphatic heterocycles. The largest absolute Gasteiger partial charge is 0.355 e. The van der Waals surface area contributed by atoms with Gasteiger partial charge in [0.1, 0.15) is 0 Å². The Morgan fingerprint density at radius 3 is 2.73 bits per heavy atom. The zero-order chi connectivity index (χ0) is 15.4. The lowest BCUT2D eigenvalue weighted by molar-refractivity contribution is -0.129. The topological polar surface area (TPSA) is 46.9 Å². The number of para-hydroxylation sites is 1. The van der Waals surface area contributed by atoms with Gasteiger partial charge in [-0.25, -0.2) is 4.68 Å². The second-order valence-electron chi connectivity index (χ2n) is 6.40. The van der Waals surface area contributed by atoms with Crippen molar-refractivity contribution < 1.29 is 4.79 Å². The van der Waals surface area contributed by atoms with Crippen LogP contribution >= 0.6 is 0 Å². The van der Waals surface area contributed by atoms with E-state index in [1.54, 1.807) is 0 Å². The summed E-state index contributed by atoms with van der Waals surface area (Å²) in [6, 6.07) is 10.0. The van der Waals surface area contributed by atoms with Gasteiger partial charge in [0.2, 0.25) is 5.91 Å². The number of rotatable bonds is 5.